The molecule has 4 rings (SSSR count). The number of rotatable bonds is 4. The quantitative estimate of drug-likeness (QED) is 0.695. The summed E-state index contributed by atoms with van der Waals surface area (Å²) in [6.45, 7) is 4.40. The number of amides is 1. The van der Waals surface area contributed by atoms with Crippen LogP contribution in [0.3, 0.4) is 0 Å². The number of anilines is 1. The Morgan fingerprint density at radius 2 is 2.09 bits per heavy atom. The fourth-order valence-electron chi connectivity index (χ4n) is 5.03. The van der Waals surface area contributed by atoms with E-state index in [9.17, 15) is 18.0 Å². The first-order chi connectivity index (χ1) is 15.7. The van der Waals surface area contributed by atoms with E-state index < -0.39 is 11.7 Å². The fourth-order valence-corrected chi connectivity index (χ4v) is 5.03. The van der Waals surface area contributed by atoms with Crippen molar-refractivity contribution in [2.24, 2.45) is 11.3 Å². The average Bonchev–Trinajstić information content (AvgIpc) is 3.17. The molecule has 0 radical (unpaired) electrons. The van der Waals surface area contributed by atoms with Crippen LogP contribution < -0.4 is 4.90 Å². The van der Waals surface area contributed by atoms with Crippen LogP contribution in [0.4, 0.5) is 18.9 Å². The lowest BCUT2D eigenvalue weighted by molar-refractivity contribution is -0.137. The molecule has 2 atom stereocenters. The second-order valence-corrected chi connectivity index (χ2v) is 8.90. The van der Waals surface area contributed by atoms with Crippen LogP contribution in [0.5, 0.6) is 0 Å². The van der Waals surface area contributed by atoms with Crippen molar-refractivity contribution in [3.05, 3.63) is 58.9 Å². The number of carbonyl (C=O) groups is 1. The number of nitrogens with zero attached hydrogens (tertiary/aromatic N) is 4. The maximum Gasteiger partial charge on any atom is 0.417 e. The number of aromatic nitrogens is 1. The van der Waals surface area contributed by atoms with E-state index >= 15 is 0 Å². The van der Waals surface area contributed by atoms with Crippen molar-refractivity contribution < 1.29 is 22.7 Å². The Hall–Kier alpha value is -3.12. The molecule has 9 heteroatoms. The molecule has 1 aromatic carbocycles. The first-order valence-corrected chi connectivity index (χ1v) is 10.7. The van der Waals surface area contributed by atoms with Crippen LogP contribution in [0.15, 0.2) is 36.5 Å². The molecule has 2 unspecified atom stereocenters. The molecule has 3 heterocycles. The third kappa shape index (κ3) is 4.40. The summed E-state index contributed by atoms with van der Waals surface area (Å²) in [7, 11) is 1.63. The summed E-state index contributed by atoms with van der Waals surface area (Å²) in [4.78, 5) is 21.0. The number of piperidine rings is 1. The van der Waals surface area contributed by atoms with Gasteiger partial charge in [0.1, 0.15) is 0 Å². The van der Waals surface area contributed by atoms with Crippen molar-refractivity contribution in [3.8, 4) is 6.07 Å². The smallest absolute Gasteiger partial charge is 0.384 e. The zero-order valence-corrected chi connectivity index (χ0v) is 18.5. The molecule has 2 aliphatic heterocycles. The number of fused-ring (bicyclic) bond motifs is 1. The van der Waals surface area contributed by atoms with Gasteiger partial charge in [-0.15, -0.1) is 0 Å². The molecule has 2 fully saturated rings. The number of hydrogen-bond donors (Lipinski definition) is 0. The van der Waals surface area contributed by atoms with Crippen molar-refractivity contribution in [1.29, 1.82) is 5.26 Å². The van der Waals surface area contributed by atoms with Crippen LogP contribution in [-0.4, -0.2) is 55.7 Å². The summed E-state index contributed by atoms with van der Waals surface area (Å²) >= 11 is 0. The van der Waals surface area contributed by atoms with Crippen LogP contribution in [0.25, 0.3) is 0 Å². The van der Waals surface area contributed by atoms with Crippen LogP contribution in [0, 0.1) is 29.6 Å². The molecule has 0 bridgehead atoms. The summed E-state index contributed by atoms with van der Waals surface area (Å²) in [6, 6.07) is 9.03. The minimum absolute atomic E-state index is 0.0403. The molecular weight excluding hydrogens is 433 g/mol. The highest BCUT2D eigenvalue weighted by Crippen LogP contribution is 2.45. The number of hydrogen-bond acceptors (Lipinski definition) is 5. The van der Waals surface area contributed by atoms with E-state index in [4.69, 9.17) is 10.00 Å². The van der Waals surface area contributed by atoms with Crippen LogP contribution in [0.2, 0.25) is 0 Å². The zero-order chi connectivity index (χ0) is 23.8. The first-order valence-electron chi connectivity index (χ1n) is 10.7. The summed E-state index contributed by atoms with van der Waals surface area (Å²) < 4.78 is 45.9. The van der Waals surface area contributed by atoms with E-state index in [1.807, 2.05) is 11.8 Å². The number of halogens is 3. The molecule has 6 nitrogen and oxygen atoms in total. The maximum absolute atomic E-state index is 13.4. The van der Waals surface area contributed by atoms with Crippen LogP contribution >= 0.6 is 0 Å². The van der Waals surface area contributed by atoms with Gasteiger partial charge in [-0.2, -0.15) is 18.4 Å². The fraction of sp³-hybridized carbons (Fsp3) is 0.458. The van der Waals surface area contributed by atoms with Gasteiger partial charge in [0, 0.05) is 62.2 Å². The topological polar surface area (TPSA) is 69.5 Å². The van der Waals surface area contributed by atoms with Crippen molar-refractivity contribution in [3.63, 3.8) is 0 Å². The molecule has 0 aliphatic carbocycles. The highest BCUT2D eigenvalue weighted by atomic mass is 19.4. The molecule has 2 aliphatic rings. The molecule has 1 amide bonds. The van der Waals surface area contributed by atoms with Gasteiger partial charge in [0.2, 0.25) is 0 Å². The molecule has 0 spiro atoms. The molecule has 1 aromatic heterocycles. The second kappa shape index (κ2) is 8.67. The first kappa shape index (κ1) is 23.1. The van der Waals surface area contributed by atoms with Crippen LogP contribution in [0.1, 0.15) is 33.6 Å². The minimum Gasteiger partial charge on any atom is -0.384 e. The monoisotopic (exact) mass is 458 g/mol. The van der Waals surface area contributed by atoms with Gasteiger partial charge in [0.05, 0.1) is 29.4 Å². The standard InChI is InChI=1S/C24H25F3N4O2/c1-16-3-4-18(11-29-16)22(32)31-13-19-12-30(8-7-23(19,14-31)15-33-2)20-6-5-17(10-28)21(9-20)24(25,26)27/h3-6,9,11,19H,7-8,12-15H2,1-2H3. The molecule has 2 saturated heterocycles. The number of methoxy groups -OCH3 is 1. The average molecular weight is 458 g/mol. The van der Waals surface area contributed by atoms with Crippen molar-refractivity contribution in [1.82, 2.24) is 9.88 Å². The number of pyridine rings is 1. The molecule has 2 aromatic rings. The largest absolute Gasteiger partial charge is 0.417 e. The summed E-state index contributed by atoms with van der Waals surface area (Å²) in [5, 5.41) is 9.07. The predicted octanol–water partition coefficient (Wildman–Crippen LogP) is 3.90. The number of likely N-dealkylation sites (tertiary alicyclic amines) is 1. The van der Waals surface area contributed by atoms with Gasteiger partial charge in [-0.05, 0) is 43.7 Å². The summed E-state index contributed by atoms with van der Waals surface area (Å²) in [5.74, 6) is -0.0600. The molecule has 0 saturated carbocycles. The number of nitriles is 1. The Balaban J connectivity index is 1.58. The SMILES string of the molecule is COCC12CCN(c3ccc(C#N)c(C(F)(F)F)c3)CC1CN(C(=O)c1ccc(C)nc1)C2. The van der Waals surface area contributed by atoms with E-state index in [1.165, 1.54) is 6.07 Å². The van der Waals surface area contributed by atoms with Gasteiger partial charge < -0.3 is 14.5 Å². The maximum atomic E-state index is 13.4. The van der Waals surface area contributed by atoms with Gasteiger partial charge in [-0.1, -0.05) is 0 Å². The van der Waals surface area contributed by atoms with Crippen molar-refractivity contribution in [2.45, 2.75) is 19.5 Å². The van der Waals surface area contributed by atoms with Gasteiger partial charge in [0.25, 0.3) is 5.91 Å². The van der Waals surface area contributed by atoms with Crippen molar-refractivity contribution in [2.75, 3.05) is 44.8 Å². The zero-order valence-electron chi connectivity index (χ0n) is 18.5. The number of carbonyl (C=O) groups excluding carboxylic acids is 1. The number of benzene rings is 1. The lowest BCUT2D eigenvalue weighted by Crippen LogP contribution is -2.49. The Labute approximate surface area is 190 Å². The Bertz CT molecular complexity index is 1080. The normalized spacial score (nSPS) is 22.7. The number of alkyl halides is 3. The van der Waals surface area contributed by atoms with Gasteiger partial charge in [-0.25, -0.2) is 0 Å². The van der Waals surface area contributed by atoms with Gasteiger partial charge >= 0.3 is 6.18 Å². The van der Waals surface area contributed by atoms with E-state index in [0.29, 0.717) is 50.5 Å². The Morgan fingerprint density at radius 1 is 1.30 bits per heavy atom. The Morgan fingerprint density at radius 3 is 2.73 bits per heavy atom. The number of ether oxygens (including phenoxy) is 1. The third-order valence-corrected chi connectivity index (χ3v) is 6.80. The molecule has 0 N–H and O–H groups in total. The second-order valence-electron chi connectivity index (χ2n) is 8.90. The highest BCUT2D eigenvalue weighted by molar-refractivity contribution is 5.94. The van der Waals surface area contributed by atoms with E-state index in [1.54, 1.807) is 42.5 Å². The van der Waals surface area contributed by atoms with Crippen molar-refractivity contribution >= 4 is 11.6 Å². The molecule has 33 heavy (non-hydrogen) atoms. The molecule has 174 valence electrons. The highest BCUT2D eigenvalue weighted by Gasteiger charge is 2.51. The lowest BCUT2D eigenvalue weighted by Gasteiger charge is -2.44. The number of aryl methyl sites for hydroxylation is 1. The minimum atomic E-state index is -4.60. The van der Waals surface area contributed by atoms with E-state index in [0.717, 1.165) is 11.8 Å². The Kier molecular flexibility index (Phi) is 6.06. The lowest BCUT2D eigenvalue weighted by atomic mass is 9.73. The summed E-state index contributed by atoms with van der Waals surface area (Å²) in [5.41, 5.74) is 0.213. The van der Waals surface area contributed by atoms with Gasteiger partial charge in [0.15, 0.2) is 0 Å². The third-order valence-electron chi connectivity index (χ3n) is 6.80. The summed E-state index contributed by atoms with van der Waals surface area (Å²) in [6.07, 6.45) is -2.34. The van der Waals surface area contributed by atoms with Gasteiger partial charge in [-0.3, -0.25) is 9.78 Å². The predicted molar refractivity (Wildman–Crippen MR) is 116 cm³/mol. The van der Waals surface area contributed by atoms with E-state index in [-0.39, 0.29) is 22.8 Å². The molecular formula is C24H25F3N4O2. The van der Waals surface area contributed by atoms with E-state index in [2.05, 4.69) is 4.98 Å². The van der Waals surface area contributed by atoms with Crippen LogP contribution in [-0.2, 0) is 10.9 Å².